The van der Waals surface area contributed by atoms with Crippen molar-refractivity contribution in [3.05, 3.63) is 10.6 Å². The van der Waals surface area contributed by atoms with Crippen molar-refractivity contribution < 1.29 is 0 Å². The molecule has 1 saturated carbocycles. The molecule has 1 aromatic rings. The first-order valence-corrected chi connectivity index (χ1v) is 8.51. The van der Waals surface area contributed by atoms with E-state index in [1.807, 2.05) is 18.4 Å². The van der Waals surface area contributed by atoms with Gasteiger partial charge in [-0.05, 0) is 33.2 Å². The van der Waals surface area contributed by atoms with Crippen molar-refractivity contribution in [2.45, 2.75) is 65.0 Å². The maximum atomic E-state index is 4.94. The third-order valence-corrected chi connectivity index (χ3v) is 5.08. The van der Waals surface area contributed by atoms with E-state index in [2.05, 4.69) is 24.1 Å². The van der Waals surface area contributed by atoms with Crippen LogP contribution >= 0.6 is 11.3 Å². The Morgan fingerprint density at radius 3 is 2.63 bits per heavy atom. The summed E-state index contributed by atoms with van der Waals surface area (Å²) in [5, 5.41) is 4.53. The average molecular weight is 281 g/mol. The van der Waals surface area contributed by atoms with Crippen molar-refractivity contribution in [2.75, 3.05) is 18.5 Å². The number of hydrogen-bond donors (Lipinski definition) is 1. The number of anilines is 1. The van der Waals surface area contributed by atoms with E-state index < -0.39 is 0 Å². The van der Waals surface area contributed by atoms with Gasteiger partial charge in [0, 0.05) is 24.0 Å². The maximum Gasteiger partial charge on any atom is 0.186 e. The van der Waals surface area contributed by atoms with Gasteiger partial charge in [0.05, 0.1) is 5.69 Å². The summed E-state index contributed by atoms with van der Waals surface area (Å²) in [5.74, 6) is 0. The summed E-state index contributed by atoms with van der Waals surface area (Å²) in [5.41, 5.74) is 1.31. The number of aryl methyl sites for hydroxylation is 1. The average Bonchev–Trinajstić information content (AvgIpc) is 3.03. The molecule has 4 heteroatoms. The second kappa shape index (κ2) is 7.25. The predicted octanol–water partition coefficient (Wildman–Crippen LogP) is 3.58. The van der Waals surface area contributed by atoms with Gasteiger partial charge in [0.25, 0.3) is 0 Å². The number of aromatic nitrogens is 1. The minimum atomic E-state index is 0.730. The van der Waals surface area contributed by atoms with Gasteiger partial charge in [-0.2, -0.15) is 0 Å². The highest BCUT2D eigenvalue weighted by molar-refractivity contribution is 7.15. The van der Waals surface area contributed by atoms with Gasteiger partial charge in [-0.25, -0.2) is 4.98 Å². The highest BCUT2D eigenvalue weighted by atomic mass is 32.1. The van der Waals surface area contributed by atoms with Gasteiger partial charge in [-0.15, -0.1) is 11.3 Å². The number of nitrogens with one attached hydrogen (secondary N) is 1. The standard InChI is InChI=1S/C15H27N3S/c1-4-8-13-14(11-16-3)19-15(17-13)18(5-2)12-9-6-7-10-12/h12,16H,4-11H2,1-3H3. The highest BCUT2D eigenvalue weighted by Gasteiger charge is 2.24. The topological polar surface area (TPSA) is 28.2 Å². The molecule has 1 aromatic heterocycles. The monoisotopic (exact) mass is 281 g/mol. The normalized spacial score (nSPS) is 16.2. The Morgan fingerprint density at radius 2 is 2.05 bits per heavy atom. The molecule has 0 atom stereocenters. The SMILES string of the molecule is CCCc1nc(N(CC)C2CCCC2)sc1CNC. The highest BCUT2D eigenvalue weighted by Crippen LogP contribution is 2.33. The van der Waals surface area contributed by atoms with Gasteiger partial charge in [0.1, 0.15) is 0 Å². The quantitative estimate of drug-likeness (QED) is 0.828. The molecule has 19 heavy (non-hydrogen) atoms. The molecule has 0 bridgehead atoms. The fraction of sp³-hybridized carbons (Fsp3) is 0.800. The zero-order valence-electron chi connectivity index (χ0n) is 12.5. The summed E-state index contributed by atoms with van der Waals surface area (Å²) in [7, 11) is 2.02. The summed E-state index contributed by atoms with van der Waals surface area (Å²) < 4.78 is 0. The molecule has 1 N–H and O–H groups in total. The largest absolute Gasteiger partial charge is 0.345 e. The first kappa shape index (κ1) is 14.8. The van der Waals surface area contributed by atoms with Crippen LogP contribution in [0.3, 0.4) is 0 Å². The molecule has 0 unspecified atom stereocenters. The van der Waals surface area contributed by atoms with E-state index in [0.29, 0.717) is 0 Å². The van der Waals surface area contributed by atoms with E-state index in [-0.39, 0.29) is 0 Å². The molecule has 3 nitrogen and oxygen atoms in total. The molecule has 2 rings (SSSR count). The van der Waals surface area contributed by atoms with Crippen LogP contribution in [0, 0.1) is 0 Å². The molecule has 0 amide bonds. The van der Waals surface area contributed by atoms with Crippen LogP contribution in [0.5, 0.6) is 0 Å². The Hall–Kier alpha value is -0.610. The van der Waals surface area contributed by atoms with E-state index in [1.54, 1.807) is 0 Å². The summed E-state index contributed by atoms with van der Waals surface area (Å²) in [6, 6.07) is 0.730. The first-order chi connectivity index (χ1) is 9.30. The molecule has 1 heterocycles. The minimum Gasteiger partial charge on any atom is -0.345 e. The van der Waals surface area contributed by atoms with Crippen molar-refractivity contribution in [2.24, 2.45) is 0 Å². The van der Waals surface area contributed by atoms with Crippen molar-refractivity contribution >= 4 is 16.5 Å². The van der Waals surface area contributed by atoms with Crippen LogP contribution in [-0.4, -0.2) is 24.6 Å². The zero-order chi connectivity index (χ0) is 13.7. The molecular weight excluding hydrogens is 254 g/mol. The lowest BCUT2D eigenvalue weighted by molar-refractivity contribution is 0.617. The van der Waals surface area contributed by atoms with Gasteiger partial charge in [-0.3, -0.25) is 0 Å². The van der Waals surface area contributed by atoms with E-state index in [0.717, 1.165) is 25.6 Å². The summed E-state index contributed by atoms with van der Waals surface area (Å²) in [6.07, 6.45) is 7.75. The predicted molar refractivity (Wildman–Crippen MR) is 84.1 cm³/mol. The Labute approximate surface area is 121 Å². The molecular formula is C15H27N3S. The smallest absolute Gasteiger partial charge is 0.186 e. The zero-order valence-corrected chi connectivity index (χ0v) is 13.4. The summed E-state index contributed by atoms with van der Waals surface area (Å²) in [4.78, 5) is 8.90. The minimum absolute atomic E-state index is 0.730. The van der Waals surface area contributed by atoms with Crippen molar-refractivity contribution in [3.8, 4) is 0 Å². The van der Waals surface area contributed by atoms with E-state index in [1.165, 1.54) is 47.8 Å². The van der Waals surface area contributed by atoms with E-state index >= 15 is 0 Å². The molecule has 1 aliphatic carbocycles. The second-order valence-corrected chi connectivity index (χ2v) is 6.43. The van der Waals surface area contributed by atoms with E-state index in [4.69, 9.17) is 4.98 Å². The summed E-state index contributed by atoms with van der Waals surface area (Å²) in [6.45, 7) is 6.53. The molecule has 0 radical (unpaired) electrons. The molecule has 0 saturated heterocycles. The van der Waals surface area contributed by atoms with Crippen LogP contribution in [0.2, 0.25) is 0 Å². The van der Waals surface area contributed by atoms with Gasteiger partial charge in [0.15, 0.2) is 5.13 Å². The second-order valence-electron chi connectivity index (χ2n) is 5.37. The fourth-order valence-electron chi connectivity index (χ4n) is 2.99. The third kappa shape index (κ3) is 3.48. The lowest BCUT2D eigenvalue weighted by atomic mass is 10.2. The van der Waals surface area contributed by atoms with Gasteiger partial charge < -0.3 is 10.2 Å². The maximum absolute atomic E-state index is 4.94. The van der Waals surface area contributed by atoms with Crippen LogP contribution in [-0.2, 0) is 13.0 Å². The lowest BCUT2D eigenvalue weighted by Crippen LogP contribution is -2.32. The molecule has 1 fully saturated rings. The fourth-order valence-corrected chi connectivity index (χ4v) is 4.24. The van der Waals surface area contributed by atoms with Crippen LogP contribution in [0.25, 0.3) is 0 Å². The van der Waals surface area contributed by atoms with Crippen LogP contribution in [0.1, 0.15) is 56.5 Å². The Morgan fingerprint density at radius 1 is 1.32 bits per heavy atom. The van der Waals surface area contributed by atoms with Crippen molar-refractivity contribution in [1.29, 1.82) is 0 Å². The number of rotatable bonds is 7. The van der Waals surface area contributed by atoms with Crippen LogP contribution in [0.15, 0.2) is 0 Å². The lowest BCUT2D eigenvalue weighted by Gasteiger charge is -2.26. The van der Waals surface area contributed by atoms with Crippen molar-refractivity contribution in [1.82, 2.24) is 10.3 Å². The van der Waals surface area contributed by atoms with E-state index in [9.17, 15) is 0 Å². The molecule has 108 valence electrons. The number of hydrogen-bond acceptors (Lipinski definition) is 4. The molecule has 0 aromatic carbocycles. The number of nitrogens with zero attached hydrogens (tertiary/aromatic N) is 2. The van der Waals surface area contributed by atoms with Crippen molar-refractivity contribution in [3.63, 3.8) is 0 Å². The van der Waals surface area contributed by atoms with Gasteiger partial charge in [-0.1, -0.05) is 26.2 Å². The van der Waals surface area contributed by atoms with Crippen LogP contribution < -0.4 is 10.2 Å². The Bertz CT molecular complexity index is 359. The Balaban J connectivity index is 2.19. The van der Waals surface area contributed by atoms with Gasteiger partial charge >= 0.3 is 0 Å². The Kier molecular flexibility index (Phi) is 5.64. The van der Waals surface area contributed by atoms with Crippen LogP contribution in [0.4, 0.5) is 5.13 Å². The van der Waals surface area contributed by atoms with Gasteiger partial charge in [0.2, 0.25) is 0 Å². The molecule has 1 aliphatic rings. The summed E-state index contributed by atoms with van der Waals surface area (Å²) >= 11 is 1.90. The first-order valence-electron chi connectivity index (χ1n) is 7.69. The molecule has 0 aliphatic heterocycles. The third-order valence-electron chi connectivity index (χ3n) is 3.94. The molecule has 0 spiro atoms. The number of thiazole rings is 1.